The number of fused-ring (bicyclic) bond motifs is 1. The Morgan fingerprint density at radius 1 is 0.935 bits per heavy atom. The second-order valence-corrected chi connectivity index (χ2v) is 7.36. The van der Waals surface area contributed by atoms with Crippen LogP contribution in [0.2, 0.25) is 0 Å². The van der Waals surface area contributed by atoms with Gasteiger partial charge in [0, 0.05) is 17.8 Å². The lowest BCUT2D eigenvalue weighted by atomic mass is 10.0. The highest BCUT2D eigenvalue weighted by molar-refractivity contribution is 5.99. The number of carbonyl (C=O) groups is 2. The molecule has 6 nitrogen and oxygen atoms in total. The molecule has 0 spiro atoms. The van der Waals surface area contributed by atoms with E-state index in [0.29, 0.717) is 17.8 Å². The molecule has 0 fully saturated rings. The normalized spacial score (nSPS) is 13.5. The third-order valence-electron chi connectivity index (χ3n) is 5.48. The third kappa shape index (κ3) is 4.38. The SMILES string of the molecule is COc1ccc(NC(=O)CC(c2ccc(OC)cc2)N2Cc3ccccc3C2=O)cc1. The van der Waals surface area contributed by atoms with Crippen LogP contribution >= 0.6 is 0 Å². The maximum Gasteiger partial charge on any atom is 0.255 e. The summed E-state index contributed by atoms with van der Waals surface area (Å²) in [5.41, 5.74) is 3.22. The maximum absolute atomic E-state index is 13.1. The van der Waals surface area contributed by atoms with E-state index in [1.807, 2.05) is 48.5 Å². The van der Waals surface area contributed by atoms with Crippen LogP contribution in [0.1, 0.15) is 33.9 Å². The molecule has 0 saturated carbocycles. The zero-order valence-electron chi connectivity index (χ0n) is 17.5. The lowest BCUT2D eigenvalue weighted by molar-refractivity contribution is -0.117. The molecule has 1 aliphatic rings. The van der Waals surface area contributed by atoms with Crippen LogP contribution in [0.4, 0.5) is 5.69 Å². The largest absolute Gasteiger partial charge is 0.497 e. The van der Waals surface area contributed by atoms with Crippen molar-refractivity contribution in [2.75, 3.05) is 19.5 Å². The van der Waals surface area contributed by atoms with Gasteiger partial charge in [-0.15, -0.1) is 0 Å². The van der Waals surface area contributed by atoms with Gasteiger partial charge in [-0.25, -0.2) is 0 Å². The van der Waals surface area contributed by atoms with Crippen LogP contribution in [0.3, 0.4) is 0 Å². The van der Waals surface area contributed by atoms with E-state index in [9.17, 15) is 9.59 Å². The van der Waals surface area contributed by atoms with E-state index in [1.165, 1.54) is 0 Å². The Morgan fingerprint density at radius 2 is 1.55 bits per heavy atom. The van der Waals surface area contributed by atoms with E-state index in [1.54, 1.807) is 43.4 Å². The van der Waals surface area contributed by atoms with Crippen molar-refractivity contribution in [3.63, 3.8) is 0 Å². The highest BCUT2D eigenvalue weighted by Gasteiger charge is 2.34. The number of methoxy groups -OCH3 is 2. The van der Waals surface area contributed by atoms with Gasteiger partial charge in [-0.3, -0.25) is 9.59 Å². The van der Waals surface area contributed by atoms with Gasteiger partial charge in [-0.1, -0.05) is 30.3 Å². The molecule has 1 aliphatic heterocycles. The third-order valence-corrected chi connectivity index (χ3v) is 5.48. The van der Waals surface area contributed by atoms with E-state index in [2.05, 4.69) is 5.32 Å². The molecule has 3 aromatic carbocycles. The number of hydrogen-bond donors (Lipinski definition) is 1. The van der Waals surface area contributed by atoms with E-state index < -0.39 is 6.04 Å². The molecule has 2 amide bonds. The molecule has 158 valence electrons. The minimum absolute atomic E-state index is 0.0614. The summed E-state index contributed by atoms with van der Waals surface area (Å²) in [6.07, 6.45) is 0.137. The summed E-state index contributed by atoms with van der Waals surface area (Å²) < 4.78 is 10.4. The molecule has 0 saturated heterocycles. The Morgan fingerprint density at radius 3 is 2.16 bits per heavy atom. The Balaban J connectivity index is 1.57. The van der Waals surface area contributed by atoms with Crippen LogP contribution in [0.5, 0.6) is 11.5 Å². The predicted octanol–water partition coefficient (Wildman–Crippen LogP) is 4.43. The smallest absolute Gasteiger partial charge is 0.255 e. The number of nitrogens with zero attached hydrogens (tertiary/aromatic N) is 1. The maximum atomic E-state index is 13.1. The summed E-state index contributed by atoms with van der Waals surface area (Å²) in [4.78, 5) is 27.8. The Bertz CT molecular complexity index is 1080. The molecule has 6 heteroatoms. The summed E-state index contributed by atoms with van der Waals surface area (Å²) in [7, 11) is 3.20. The summed E-state index contributed by atoms with van der Waals surface area (Å²) in [5.74, 6) is 1.21. The molecule has 0 aromatic heterocycles. The lowest BCUT2D eigenvalue weighted by Gasteiger charge is -2.28. The lowest BCUT2D eigenvalue weighted by Crippen LogP contribution is -2.32. The minimum Gasteiger partial charge on any atom is -0.497 e. The first-order valence-electron chi connectivity index (χ1n) is 10.1. The minimum atomic E-state index is -0.399. The van der Waals surface area contributed by atoms with E-state index in [-0.39, 0.29) is 18.2 Å². The van der Waals surface area contributed by atoms with Crippen molar-refractivity contribution < 1.29 is 19.1 Å². The van der Waals surface area contributed by atoms with Crippen LogP contribution in [0, 0.1) is 0 Å². The first-order valence-corrected chi connectivity index (χ1v) is 10.1. The molecule has 1 unspecified atom stereocenters. The average molecular weight is 416 g/mol. The number of benzene rings is 3. The number of amides is 2. The van der Waals surface area contributed by atoms with Crippen molar-refractivity contribution >= 4 is 17.5 Å². The van der Waals surface area contributed by atoms with Crippen LogP contribution in [0.25, 0.3) is 0 Å². The Kier molecular flexibility index (Phi) is 5.89. The summed E-state index contributed by atoms with van der Waals surface area (Å²) in [6.45, 7) is 0.474. The first kappa shape index (κ1) is 20.5. The van der Waals surface area contributed by atoms with Gasteiger partial charge in [0.1, 0.15) is 11.5 Å². The van der Waals surface area contributed by atoms with Gasteiger partial charge in [0.25, 0.3) is 5.91 Å². The van der Waals surface area contributed by atoms with Crippen molar-refractivity contribution in [2.24, 2.45) is 0 Å². The zero-order chi connectivity index (χ0) is 21.8. The summed E-state index contributed by atoms with van der Waals surface area (Å²) in [6, 6.07) is 21.8. The highest BCUT2D eigenvalue weighted by Crippen LogP contribution is 2.34. The number of hydrogen-bond acceptors (Lipinski definition) is 4. The van der Waals surface area contributed by atoms with Crippen molar-refractivity contribution in [3.05, 3.63) is 89.5 Å². The number of carbonyl (C=O) groups excluding carboxylic acids is 2. The van der Waals surface area contributed by atoms with E-state index in [0.717, 1.165) is 22.6 Å². The van der Waals surface area contributed by atoms with Gasteiger partial charge in [-0.05, 0) is 53.6 Å². The first-order chi connectivity index (χ1) is 15.1. The highest BCUT2D eigenvalue weighted by atomic mass is 16.5. The summed E-state index contributed by atoms with van der Waals surface area (Å²) >= 11 is 0. The fraction of sp³-hybridized carbons (Fsp3) is 0.200. The van der Waals surface area contributed by atoms with Crippen molar-refractivity contribution in [3.8, 4) is 11.5 Å². The number of nitrogens with one attached hydrogen (secondary N) is 1. The number of rotatable bonds is 7. The summed E-state index contributed by atoms with van der Waals surface area (Å²) in [5, 5.41) is 2.92. The van der Waals surface area contributed by atoms with Gasteiger partial charge in [0.15, 0.2) is 0 Å². The zero-order valence-corrected chi connectivity index (χ0v) is 17.5. The second kappa shape index (κ2) is 8.92. The Labute approximate surface area is 181 Å². The monoisotopic (exact) mass is 416 g/mol. The molecule has 31 heavy (non-hydrogen) atoms. The topological polar surface area (TPSA) is 67.9 Å². The molecule has 1 atom stereocenters. The molecular formula is C25H24N2O4. The predicted molar refractivity (Wildman–Crippen MR) is 118 cm³/mol. The van der Waals surface area contributed by atoms with Crippen molar-refractivity contribution in [2.45, 2.75) is 19.0 Å². The van der Waals surface area contributed by atoms with Crippen LogP contribution in [0.15, 0.2) is 72.8 Å². The molecule has 0 aliphatic carbocycles. The van der Waals surface area contributed by atoms with Gasteiger partial charge in [0.05, 0.1) is 26.7 Å². The van der Waals surface area contributed by atoms with Crippen molar-refractivity contribution in [1.29, 1.82) is 0 Å². The van der Waals surface area contributed by atoms with Gasteiger partial charge in [-0.2, -0.15) is 0 Å². The average Bonchev–Trinajstić information content (AvgIpc) is 3.14. The van der Waals surface area contributed by atoms with Gasteiger partial charge < -0.3 is 19.7 Å². The molecule has 0 bridgehead atoms. The number of anilines is 1. The van der Waals surface area contributed by atoms with Crippen LogP contribution in [-0.4, -0.2) is 30.9 Å². The number of ether oxygens (including phenoxy) is 2. The van der Waals surface area contributed by atoms with Gasteiger partial charge >= 0.3 is 0 Å². The second-order valence-electron chi connectivity index (χ2n) is 7.36. The molecule has 3 aromatic rings. The molecule has 0 radical (unpaired) electrons. The standard InChI is InChI=1S/C25H24N2O4/c1-30-20-11-7-17(8-12-20)23(27-16-18-5-3-4-6-22(18)25(27)29)15-24(28)26-19-9-13-21(31-2)14-10-19/h3-14,23H,15-16H2,1-2H3,(H,26,28). The van der Waals surface area contributed by atoms with E-state index >= 15 is 0 Å². The molecule has 1 N–H and O–H groups in total. The molecular weight excluding hydrogens is 392 g/mol. The van der Waals surface area contributed by atoms with Crippen molar-refractivity contribution in [1.82, 2.24) is 4.90 Å². The fourth-order valence-corrected chi connectivity index (χ4v) is 3.82. The molecule has 1 heterocycles. The quantitative estimate of drug-likeness (QED) is 0.619. The fourth-order valence-electron chi connectivity index (χ4n) is 3.82. The van der Waals surface area contributed by atoms with E-state index in [4.69, 9.17) is 9.47 Å². The van der Waals surface area contributed by atoms with Crippen LogP contribution < -0.4 is 14.8 Å². The van der Waals surface area contributed by atoms with Crippen LogP contribution in [-0.2, 0) is 11.3 Å². The molecule has 4 rings (SSSR count). The Hall–Kier alpha value is -3.80. The van der Waals surface area contributed by atoms with Gasteiger partial charge in [0.2, 0.25) is 5.91 Å².